The molecule has 0 aliphatic carbocycles. The van der Waals surface area contributed by atoms with E-state index in [4.69, 9.17) is 0 Å². The first-order valence-corrected chi connectivity index (χ1v) is 13.8. The molecular formula is C36H32N2O2. The van der Waals surface area contributed by atoms with Gasteiger partial charge < -0.3 is 0 Å². The minimum Gasteiger partial charge on any atom is -0.295 e. The van der Waals surface area contributed by atoms with E-state index in [2.05, 4.69) is 38.1 Å². The highest BCUT2D eigenvalue weighted by Crippen LogP contribution is 2.50. The van der Waals surface area contributed by atoms with Crippen LogP contribution in [0.15, 0.2) is 120 Å². The Bertz CT molecular complexity index is 1650. The summed E-state index contributed by atoms with van der Waals surface area (Å²) < 4.78 is 0. The number of anilines is 2. The SMILES string of the molecule is Cc1ccc(N2C(=O)/C(=C\c3ccc(C(C)C)cc3)C3=C2C(=O)N(c2ccc(C)cc2)C3c2ccccc2)cc1. The van der Waals surface area contributed by atoms with Gasteiger partial charge >= 0.3 is 0 Å². The molecule has 4 nitrogen and oxygen atoms in total. The molecule has 0 bridgehead atoms. The Balaban J connectivity index is 1.58. The second kappa shape index (κ2) is 10.1. The van der Waals surface area contributed by atoms with Gasteiger partial charge in [0.25, 0.3) is 11.8 Å². The fourth-order valence-corrected chi connectivity index (χ4v) is 5.58. The number of benzene rings is 4. The number of hydrogen-bond acceptors (Lipinski definition) is 2. The van der Waals surface area contributed by atoms with Crippen LogP contribution in [0.4, 0.5) is 11.4 Å². The van der Waals surface area contributed by atoms with Gasteiger partial charge in [-0.25, -0.2) is 0 Å². The van der Waals surface area contributed by atoms with Gasteiger partial charge in [-0.05, 0) is 66.8 Å². The molecule has 4 aromatic carbocycles. The third-order valence-corrected chi connectivity index (χ3v) is 7.79. The van der Waals surface area contributed by atoms with Crippen LogP contribution in [0.25, 0.3) is 6.08 Å². The summed E-state index contributed by atoms with van der Waals surface area (Å²) in [6, 6.07) is 33.7. The molecule has 0 radical (unpaired) electrons. The van der Waals surface area contributed by atoms with E-state index in [1.807, 2.05) is 104 Å². The predicted molar refractivity (Wildman–Crippen MR) is 162 cm³/mol. The second-order valence-corrected chi connectivity index (χ2v) is 10.9. The molecule has 0 saturated heterocycles. The highest BCUT2D eigenvalue weighted by atomic mass is 16.2. The maximum Gasteiger partial charge on any atom is 0.276 e. The average molecular weight is 525 g/mol. The highest BCUT2D eigenvalue weighted by Gasteiger charge is 2.52. The highest BCUT2D eigenvalue weighted by molar-refractivity contribution is 6.29. The normalized spacial score (nSPS) is 17.9. The lowest BCUT2D eigenvalue weighted by atomic mass is 9.92. The summed E-state index contributed by atoms with van der Waals surface area (Å²) in [5.74, 6) is 0.0546. The van der Waals surface area contributed by atoms with Gasteiger partial charge in [-0.15, -0.1) is 0 Å². The van der Waals surface area contributed by atoms with Crippen molar-refractivity contribution in [1.29, 1.82) is 0 Å². The first-order valence-electron chi connectivity index (χ1n) is 13.8. The number of amides is 2. The van der Waals surface area contributed by atoms with Crippen LogP contribution in [-0.4, -0.2) is 11.8 Å². The molecule has 0 N–H and O–H groups in total. The Morgan fingerprint density at radius 2 is 1.25 bits per heavy atom. The maximum atomic E-state index is 14.4. The lowest BCUT2D eigenvalue weighted by Crippen LogP contribution is -2.38. The summed E-state index contributed by atoms with van der Waals surface area (Å²) in [4.78, 5) is 32.1. The van der Waals surface area contributed by atoms with Crippen molar-refractivity contribution in [3.05, 3.63) is 148 Å². The van der Waals surface area contributed by atoms with E-state index in [-0.39, 0.29) is 11.8 Å². The molecule has 0 aromatic heterocycles. The second-order valence-electron chi connectivity index (χ2n) is 10.9. The van der Waals surface area contributed by atoms with Crippen molar-refractivity contribution in [3.8, 4) is 0 Å². The molecule has 198 valence electrons. The summed E-state index contributed by atoms with van der Waals surface area (Å²) in [7, 11) is 0. The van der Waals surface area contributed by atoms with Crippen LogP contribution < -0.4 is 9.80 Å². The lowest BCUT2D eigenvalue weighted by Gasteiger charge is -2.30. The Morgan fingerprint density at radius 1 is 0.675 bits per heavy atom. The molecule has 0 fully saturated rings. The minimum absolute atomic E-state index is 0.180. The smallest absolute Gasteiger partial charge is 0.276 e. The van der Waals surface area contributed by atoms with E-state index < -0.39 is 6.04 Å². The minimum atomic E-state index is -0.438. The van der Waals surface area contributed by atoms with E-state index >= 15 is 0 Å². The predicted octanol–water partition coefficient (Wildman–Crippen LogP) is 7.90. The van der Waals surface area contributed by atoms with Crippen LogP contribution in [-0.2, 0) is 9.59 Å². The lowest BCUT2D eigenvalue weighted by molar-refractivity contribution is -0.118. The maximum absolute atomic E-state index is 14.4. The van der Waals surface area contributed by atoms with E-state index in [0.717, 1.165) is 33.5 Å². The quantitative estimate of drug-likeness (QED) is 0.249. The van der Waals surface area contributed by atoms with Crippen LogP contribution in [0.3, 0.4) is 0 Å². The van der Waals surface area contributed by atoms with Crippen molar-refractivity contribution in [1.82, 2.24) is 0 Å². The van der Waals surface area contributed by atoms with Crippen LogP contribution in [0.1, 0.15) is 53.6 Å². The first-order chi connectivity index (χ1) is 19.3. The molecular weight excluding hydrogens is 492 g/mol. The van der Waals surface area contributed by atoms with Crippen molar-refractivity contribution in [2.24, 2.45) is 0 Å². The van der Waals surface area contributed by atoms with Crippen molar-refractivity contribution < 1.29 is 9.59 Å². The van der Waals surface area contributed by atoms with Gasteiger partial charge in [-0.3, -0.25) is 19.4 Å². The Labute approximate surface area is 235 Å². The summed E-state index contributed by atoms with van der Waals surface area (Å²) in [6.45, 7) is 8.38. The van der Waals surface area contributed by atoms with Crippen LogP contribution >= 0.6 is 0 Å². The van der Waals surface area contributed by atoms with Crippen molar-refractivity contribution >= 4 is 29.3 Å². The standard InChI is InChI=1S/C36H32N2O2/c1-23(2)27-16-14-26(15-17-27)22-31-32-33(28-8-6-5-7-9-28)37(29-18-10-24(3)11-19-29)36(40)34(32)38(35(31)39)30-20-12-25(4)13-21-30/h5-23,33H,1-4H3/b31-22-. The van der Waals surface area contributed by atoms with Crippen LogP contribution in [0.2, 0.25) is 0 Å². The summed E-state index contributed by atoms with van der Waals surface area (Å²) in [6.07, 6.45) is 1.94. The van der Waals surface area contributed by atoms with E-state index in [1.165, 1.54) is 5.56 Å². The average Bonchev–Trinajstić information content (AvgIpc) is 3.41. The Kier molecular flexibility index (Phi) is 6.47. The van der Waals surface area contributed by atoms with Crippen molar-refractivity contribution in [2.75, 3.05) is 9.80 Å². The number of aryl methyl sites for hydroxylation is 2. The summed E-state index contributed by atoms with van der Waals surface area (Å²) in [5.41, 5.74) is 8.54. The Morgan fingerprint density at radius 3 is 1.82 bits per heavy atom. The molecule has 2 heterocycles. The largest absolute Gasteiger partial charge is 0.295 e. The number of rotatable bonds is 5. The van der Waals surface area contributed by atoms with Gasteiger partial charge in [-0.1, -0.05) is 104 Å². The zero-order chi connectivity index (χ0) is 28.0. The molecule has 2 aliphatic rings. The zero-order valence-corrected chi connectivity index (χ0v) is 23.3. The fraction of sp³-hybridized carbons (Fsp3) is 0.167. The van der Waals surface area contributed by atoms with Gasteiger partial charge in [0.05, 0.1) is 6.04 Å². The first kappa shape index (κ1) is 25.6. The third-order valence-electron chi connectivity index (χ3n) is 7.79. The monoisotopic (exact) mass is 524 g/mol. The molecule has 40 heavy (non-hydrogen) atoms. The van der Waals surface area contributed by atoms with Gasteiger partial charge in [0.15, 0.2) is 0 Å². The van der Waals surface area contributed by atoms with Crippen molar-refractivity contribution in [2.45, 2.75) is 39.7 Å². The summed E-state index contributed by atoms with van der Waals surface area (Å²) >= 11 is 0. The van der Waals surface area contributed by atoms with E-state index in [9.17, 15) is 9.59 Å². The molecule has 4 aromatic rings. The number of nitrogens with zero attached hydrogens (tertiary/aromatic N) is 2. The van der Waals surface area contributed by atoms with Gasteiger partial charge in [0.1, 0.15) is 5.70 Å². The number of hydrogen-bond donors (Lipinski definition) is 0. The topological polar surface area (TPSA) is 40.6 Å². The van der Waals surface area contributed by atoms with E-state index in [1.54, 1.807) is 4.90 Å². The molecule has 2 aliphatic heterocycles. The number of carbonyl (C=O) groups is 2. The van der Waals surface area contributed by atoms with Gasteiger partial charge in [0.2, 0.25) is 0 Å². The summed E-state index contributed by atoms with van der Waals surface area (Å²) in [5, 5.41) is 0. The van der Waals surface area contributed by atoms with Crippen molar-refractivity contribution in [3.63, 3.8) is 0 Å². The molecule has 0 spiro atoms. The molecule has 6 rings (SSSR count). The van der Waals surface area contributed by atoms with Gasteiger partial charge in [0, 0.05) is 22.5 Å². The Hall–Kier alpha value is -4.70. The molecule has 1 unspecified atom stereocenters. The number of carbonyl (C=O) groups excluding carboxylic acids is 2. The molecule has 0 saturated carbocycles. The zero-order valence-electron chi connectivity index (χ0n) is 23.3. The molecule has 2 amide bonds. The molecule has 4 heteroatoms. The van der Waals surface area contributed by atoms with Gasteiger partial charge in [-0.2, -0.15) is 0 Å². The van der Waals surface area contributed by atoms with E-state index in [0.29, 0.717) is 22.9 Å². The van der Waals surface area contributed by atoms with Crippen LogP contribution in [0.5, 0.6) is 0 Å². The third kappa shape index (κ3) is 4.36. The van der Waals surface area contributed by atoms with Crippen LogP contribution in [0, 0.1) is 13.8 Å². The fourth-order valence-electron chi connectivity index (χ4n) is 5.58. The molecule has 1 atom stereocenters.